The van der Waals surface area contributed by atoms with Gasteiger partial charge in [0.15, 0.2) is 0 Å². The van der Waals surface area contributed by atoms with E-state index in [4.69, 9.17) is 9.47 Å². The van der Waals surface area contributed by atoms with Gasteiger partial charge in [-0.1, -0.05) is 12.1 Å². The Bertz CT molecular complexity index is 545. The first kappa shape index (κ1) is 18.2. The molecule has 0 aromatic heterocycles. The molecule has 1 saturated carbocycles. The van der Waals surface area contributed by atoms with Crippen LogP contribution in [0.5, 0.6) is 5.75 Å². The minimum Gasteiger partial charge on any atom is -0.494 e. The van der Waals surface area contributed by atoms with Gasteiger partial charge in [0.2, 0.25) is 0 Å². The van der Waals surface area contributed by atoms with Gasteiger partial charge in [-0.3, -0.25) is 9.80 Å². The third-order valence-electron chi connectivity index (χ3n) is 6.12. The average Bonchev–Trinajstić information content (AvgIpc) is 3.17. The van der Waals surface area contributed by atoms with E-state index in [0.717, 1.165) is 84.1 Å². The highest BCUT2D eigenvalue weighted by molar-refractivity contribution is 5.27. The minimum absolute atomic E-state index is 0.0492. The zero-order chi connectivity index (χ0) is 17.8. The van der Waals surface area contributed by atoms with E-state index in [-0.39, 0.29) is 6.10 Å². The van der Waals surface area contributed by atoms with Crippen molar-refractivity contribution in [2.24, 2.45) is 11.8 Å². The molecule has 0 radical (unpaired) electrons. The predicted molar refractivity (Wildman–Crippen MR) is 101 cm³/mol. The van der Waals surface area contributed by atoms with Crippen LogP contribution in [0, 0.1) is 11.8 Å². The number of benzene rings is 1. The summed E-state index contributed by atoms with van der Waals surface area (Å²) >= 11 is 0. The molecule has 1 aliphatic carbocycles. The third-order valence-corrected chi connectivity index (χ3v) is 6.12. The second-order valence-corrected chi connectivity index (χ2v) is 8.14. The van der Waals surface area contributed by atoms with Crippen LogP contribution in [0.4, 0.5) is 0 Å². The van der Waals surface area contributed by atoms with Crippen LogP contribution in [0.15, 0.2) is 24.3 Å². The van der Waals surface area contributed by atoms with E-state index >= 15 is 0 Å². The molecule has 1 aromatic carbocycles. The zero-order valence-corrected chi connectivity index (χ0v) is 15.7. The van der Waals surface area contributed by atoms with Gasteiger partial charge in [-0.25, -0.2) is 0 Å². The number of hydrogen-bond donors (Lipinski definition) is 1. The summed E-state index contributed by atoms with van der Waals surface area (Å²) in [6.45, 7) is 8.98. The lowest BCUT2D eigenvalue weighted by atomic mass is 10.0. The molecule has 3 fully saturated rings. The second kappa shape index (κ2) is 8.70. The molecule has 2 heterocycles. The minimum atomic E-state index is -0.0492. The summed E-state index contributed by atoms with van der Waals surface area (Å²) in [7, 11) is 0. The number of ether oxygens (including phenoxy) is 2. The zero-order valence-electron chi connectivity index (χ0n) is 15.7. The lowest BCUT2D eigenvalue weighted by molar-refractivity contribution is 0.0358. The Balaban J connectivity index is 1.16. The summed E-state index contributed by atoms with van der Waals surface area (Å²) in [5.74, 6) is 2.38. The molecule has 1 aromatic rings. The highest BCUT2D eigenvalue weighted by Crippen LogP contribution is 2.38. The predicted octanol–water partition coefficient (Wildman–Crippen LogP) is 1.99. The van der Waals surface area contributed by atoms with E-state index < -0.39 is 0 Å². The van der Waals surface area contributed by atoms with Gasteiger partial charge in [0, 0.05) is 39.3 Å². The van der Waals surface area contributed by atoms with Crippen molar-refractivity contribution >= 4 is 0 Å². The maximum atomic E-state index is 9.76. The standard InChI is InChI=1S/C21H32N2O3/c24-20-12-18-15-23(16-19(18)13-20)14-17-2-4-21(5-3-17)26-9-1-6-22-7-10-25-11-8-22/h2-5,18-20,24H,1,6-16H2/t18-,19+,20?. The SMILES string of the molecule is OC1C[C@@H]2CN(Cc3ccc(OCCCN4CCOCC4)cc3)C[C@@H]2C1. The molecule has 26 heavy (non-hydrogen) atoms. The molecule has 4 rings (SSSR count). The van der Waals surface area contributed by atoms with Crippen LogP contribution in [0.3, 0.4) is 0 Å². The molecule has 0 bridgehead atoms. The van der Waals surface area contributed by atoms with Crippen molar-refractivity contribution in [3.63, 3.8) is 0 Å². The summed E-state index contributed by atoms with van der Waals surface area (Å²) in [6.07, 6.45) is 3.01. The van der Waals surface area contributed by atoms with Gasteiger partial charge < -0.3 is 14.6 Å². The highest BCUT2D eigenvalue weighted by atomic mass is 16.5. The molecule has 2 aliphatic heterocycles. The number of morpholine rings is 1. The first-order valence-corrected chi connectivity index (χ1v) is 10.2. The molecular formula is C21H32N2O3. The first-order valence-electron chi connectivity index (χ1n) is 10.2. The van der Waals surface area contributed by atoms with Crippen LogP contribution in [0.1, 0.15) is 24.8 Å². The van der Waals surface area contributed by atoms with E-state index in [1.807, 2.05) is 0 Å². The van der Waals surface area contributed by atoms with Gasteiger partial charge in [-0.2, -0.15) is 0 Å². The maximum Gasteiger partial charge on any atom is 0.119 e. The van der Waals surface area contributed by atoms with E-state index in [0.29, 0.717) is 11.8 Å². The summed E-state index contributed by atoms with van der Waals surface area (Å²) in [5.41, 5.74) is 1.35. The van der Waals surface area contributed by atoms with Crippen molar-refractivity contribution in [3.8, 4) is 5.75 Å². The van der Waals surface area contributed by atoms with Crippen molar-refractivity contribution < 1.29 is 14.6 Å². The van der Waals surface area contributed by atoms with Gasteiger partial charge in [-0.05, 0) is 48.8 Å². The molecule has 3 atom stereocenters. The second-order valence-electron chi connectivity index (χ2n) is 8.14. The summed E-state index contributed by atoms with van der Waals surface area (Å²) in [4.78, 5) is 4.99. The quantitative estimate of drug-likeness (QED) is 0.754. The number of nitrogens with zero attached hydrogens (tertiary/aromatic N) is 2. The Morgan fingerprint density at radius 3 is 2.38 bits per heavy atom. The molecule has 1 N–H and O–H groups in total. The lowest BCUT2D eigenvalue weighted by Gasteiger charge is -2.26. The smallest absolute Gasteiger partial charge is 0.119 e. The Hall–Kier alpha value is -1.14. The fourth-order valence-electron chi connectivity index (χ4n) is 4.75. The van der Waals surface area contributed by atoms with E-state index in [2.05, 4.69) is 34.1 Å². The molecular weight excluding hydrogens is 328 g/mol. The summed E-state index contributed by atoms with van der Waals surface area (Å²) in [5, 5.41) is 9.76. The molecule has 5 nitrogen and oxygen atoms in total. The monoisotopic (exact) mass is 360 g/mol. The van der Waals surface area contributed by atoms with Crippen LogP contribution >= 0.6 is 0 Å². The van der Waals surface area contributed by atoms with Crippen LogP contribution in [0.2, 0.25) is 0 Å². The molecule has 0 spiro atoms. The van der Waals surface area contributed by atoms with Crippen molar-refractivity contribution in [2.75, 3.05) is 52.5 Å². The van der Waals surface area contributed by atoms with Crippen LogP contribution < -0.4 is 4.74 Å². The number of aliphatic hydroxyl groups is 1. The van der Waals surface area contributed by atoms with Gasteiger partial charge in [0.05, 0.1) is 25.9 Å². The fraction of sp³-hybridized carbons (Fsp3) is 0.714. The van der Waals surface area contributed by atoms with Gasteiger partial charge in [0.25, 0.3) is 0 Å². The van der Waals surface area contributed by atoms with Gasteiger partial charge >= 0.3 is 0 Å². The summed E-state index contributed by atoms with van der Waals surface area (Å²) in [6, 6.07) is 8.59. The highest BCUT2D eigenvalue weighted by Gasteiger charge is 2.39. The molecule has 0 amide bonds. The third kappa shape index (κ3) is 4.77. The number of likely N-dealkylation sites (tertiary alicyclic amines) is 1. The number of hydrogen-bond acceptors (Lipinski definition) is 5. The molecule has 1 unspecified atom stereocenters. The number of fused-ring (bicyclic) bond motifs is 1. The summed E-state index contributed by atoms with van der Waals surface area (Å²) < 4.78 is 11.3. The number of aliphatic hydroxyl groups excluding tert-OH is 1. The van der Waals surface area contributed by atoms with Crippen LogP contribution in [-0.2, 0) is 11.3 Å². The van der Waals surface area contributed by atoms with Crippen molar-refractivity contribution in [1.29, 1.82) is 0 Å². The van der Waals surface area contributed by atoms with Crippen LogP contribution in [-0.4, -0.2) is 73.6 Å². The molecule has 3 aliphatic rings. The van der Waals surface area contributed by atoms with E-state index in [1.165, 1.54) is 5.56 Å². The van der Waals surface area contributed by atoms with Crippen LogP contribution in [0.25, 0.3) is 0 Å². The van der Waals surface area contributed by atoms with Gasteiger partial charge in [0.1, 0.15) is 5.75 Å². The van der Waals surface area contributed by atoms with Crippen molar-refractivity contribution in [3.05, 3.63) is 29.8 Å². The largest absolute Gasteiger partial charge is 0.494 e. The van der Waals surface area contributed by atoms with E-state index in [9.17, 15) is 5.11 Å². The Labute approximate surface area is 156 Å². The molecule has 144 valence electrons. The fourth-order valence-corrected chi connectivity index (χ4v) is 4.75. The van der Waals surface area contributed by atoms with Crippen molar-refractivity contribution in [1.82, 2.24) is 9.80 Å². The number of rotatable bonds is 7. The molecule has 5 heteroatoms. The lowest BCUT2D eigenvalue weighted by Crippen LogP contribution is -2.37. The Morgan fingerprint density at radius 1 is 1.00 bits per heavy atom. The average molecular weight is 360 g/mol. The van der Waals surface area contributed by atoms with Crippen molar-refractivity contribution in [2.45, 2.75) is 31.9 Å². The normalized spacial score (nSPS) is 29.8. The Kier molecular flexibility index (Phi) is 6.10. The Morgan fingerprint density at radius 2 is 1.69 bits per heavy atom. The van der Waals surface area contributed by atoms with Gasteiger partial charge in [-0.15, -0.1) is 0 Å². The van der Waals surface area contributed by atoms with E-state index in [1.54, 1.807) is 0 Å². The molecule has 2 saturated heterocycles. The topological polar surface area (TPSA) is 45.2 Å². The first-order chi connectivity index (χ1) is 12.8. The maximum absolute atomic E-state index is 9.76.